The molecule has 3 aromatic rings. The first-order valence-electron chi connectivity index (χ1n) is 16.3. The highest BCUT2D eigenvalue weighted by Crippen LogP contribution is 2.24. The zero-order chi connectivity index (χ0) is 34.2. The van der Waals surface area contributed by atoms with Gasteiger partial charge >= 0.3 is 0 Å². The van der Waals surface area contributed by atoms with E-state index in [1.807, 2.05) is 50.7 Å². The van der Waals surface area contributed by atoms with E-state index in [1.54, 1.807) is 12.3 Å². The smallest absolute Gasteiger partial charge is 0.171 e. The van der Waals surface area contributed by atoms with Gasteiger partial charge in [-0.25, -0.2) is 4.57 Å². The third-order valence-electron chi connectivity index (χ3n) is 7.47. The number of benzene rings is 2. The van der Waals surface area contributed by atoms with E-state index in [2.05, 4.69) is 107 Å². The highest BCUT2D eigenvalue weighted by Gasteiger charge is 2.07. The number of carbonyl (C=O) groups excluding carboxylic acids is 1. The molecule has 0 spiro atoms. The summed E-state index contributed by atoms with van der Waals surface area (Å²) < 4.78 is 1.97. The Balaban J connectivity index is 1.39. The molecule has 0 bridgehead atoms. The number of allylic oxidation sites excluding steroid dienone is 4. The number of nitrogens with zero attached hydrogens (tertiary/aromatic N) is 4. The van der Waals surface area contributed by atoms with Crippen molar-refractivity contribution in [1.82, 2.24) is 5.32 Å². The lowest BCUT2D eigenvalue weighted by molar-refractivity contribution is -0.698. The van der Waals surface area contributed by atoms with E-state index in [-0.39, 0.29) is 13.2 Å². The Morgan fingerprint density at radius 2 is 1.35 bits per heavy atom. The first-order valence-corrected chi connectivity index (χ1v) is 18.8. The normalized spacial score (nSPS) is 11.9. The molecular formula is C38H48N5O3S2+. The molecule has 0 fully saturated rings. The van der Waals surface area contributed by atoms with E-state index in [9.17, 15) is 9.70 Å². The van der Waals surface area contributed by atoms with Crippen LogP contribution in [0.3, 0.4) is 0 Å². The maximum atomic E-state index is 11.0. The standard InChI is InChI=1S/C38H47N5O3S2/c1-3-42(37-13-9-33(10-14-37)5-7-35(20-29-44)17-21-39-22-23-40-46)27-31-47-48-32-28-43(4-2)38-15-11-34(12-16-38)6-8-36-18-24-41(25-19-36)26-30-45/h5-21,24-25,29,45H,3-4,22-23,26-28,30-32H2,1-2H3/p+1/b7-5+. The van der Waals surface area contributed by atoms with Gasteiger partial charge in [-0.2, -0.15) is 4.91 Å². The van der Waals surface area contributed by atoms with E-state index in [4.69, 9.17) is 5.11 Å². The number of rotatable bonds is 23. The topological polar surface area (TPSA) is 89.1 Å². The highest BCUT2D eigenvalue weighted by molar-refractivity contribution is 8.76. The fraction of sp³-hybridized carbons (Fsp3) is 0.316. The summed E-state index contributed by atoms with van der Waals surface area (Å²) >= 11 is 0. The van der Waals surface area contributed by atoms with Crippen LogP contribution in [-0.4, -0.2) is 68.8 Å². The number of nitrogens with one attached hydrogen (secondary N) is 1. The number of aromatic nitrogens is 1. The number of pyridine rings is 1. The summed E-state index contributed by atoms with van der Waals surface area (Å²) in [6, 6.07) is 21.3. The summed E-state index contributed by atoms with van der Waals surface area (Å²) in [4.78, 5) is 26.0. The summed E-state index contributed by atoms with van der Waals surface area (Å²) in [5.74, 6) is 2.10. The van der Waals surface area contributed by atoms with Crippen molar-refractivity contribution in [3.05, 3.63) is 125 Å². The fourth-order valence-corrected chi connectivity index (χ4v) is 6.75. The molecule has 8 nitrogen and oxygen atoms in total. The molecule has 0 aliphatic carbocycles. The summed E-state index contributed by atoms with van der Waals surface area (Å²) in [6.45, 7) is 9.68. The Morgan fingerprint density at radius 3 is 1.85 bits per heavy atom. The molecule has 0 atom stereocenters. The van der Waals surface area contributed by atoms with Crippen LogP contribution < -0.4 is 19.7 Å². The molecule has 0 aliphatic rings. The molecule has 0 saturated carbocycles. The minimum atomic E-state index is 0.141. The minimum Gasteiger partial charge on any atom is -0.390 e. The number of aliphatic hydroxyl groups is 1. The Kier molecular flexibility index (Phi) is 18.6. The maximum absolute atomic E-state index is 11.0. The molecule has 10 heteroatoms. The van der Waals surface area contributed by atoms with Crippen molar-refractivity contribution in [2.45, 2.75) is 20.4 Å². The van der Waals surface area contributed by atoms with Gasteiger partial charge in [-0.05, 0) is 78.7 Å². The summed E-state index contributed by atoms with van der Waals surface area (Å²) in [7, 11) is 3.86. The Hall–Kier alpha value is -4.12. The van der Waals surface area contributed by atoms with Gasteiger partial charge in [0.15, 0.2) is 18.9 Å². The monoisotopic (exact) mass is 686 g/mol. The molecule has 0 saturated heterocycles. The SMILES string of the molecule is CCN(CCSSCCN(CC)c1ccc(/C=C/c2cc[n+](CCO)cc2)cc1)c1ccc(/C=C/C(/C=C\NCCN=O)=C/C=O)cc1. The Labute approximate surface area is 293 Å². The third-order valence-corrected chi connectivity index (χ3v) is 9.83. The molecule has 254 valence electrons. The molecule has 2 aromatic carbocycles. The number of hydrogen-bond donors (Lipinski definition) is 2. The van der Waals surface area contributed by atoms with Gasteiger partial charge in [-0.3, -0.25) is 4.79 Å². The molecule has 1 heterocycles. The van der Waals surface area contributed by atoms with Crippen molar-refractivity contribution in [1.29, 1.82) is 0 Å². The maximum Gasteiger partial charge on any atom is 0.171 e. The molecule has 2 N–H and O–H groups in total. The molecule has 3 rings (SSSR count). The van der Waals surface area contributed by atoms with Crippen LogP contribution in [0.4, 0.5) is 11.4 Å². The van der Waals surface area contributed by atoms with Gasteiger partial charge in [-0.1, -0.05) is 75.3 Å². The highest BCUT2D eigenvalue weighted by atomic mass is 33.1. The number of anilines is 2. The van der Waals surface area contributed by atoms with E-state index in [0.29, 0.717) is 13.1 Å². The Morgan fingerprint density at radius 1 is 0.812 bits per heavy atom. The van der Waals surface area contributed by atoms with Gasteiger partial charge < -0.3 is 20.2 Å². The summed E-state index contributed by atoms with van der Waals surface area (Å²) in [5.41, 5.74) is 6.55. The molecule has 1 aromatic heterocycles. The first kappa shape index (κ1) is 38.3. The van der Waals surface area contributed by atoms with Crippen molar-refractivity contribution >= 4 is 57.5 Å². The van der Waals surface area contributed by atoms with Gasteiger partial charge in [-0.15, -0.1) is 0 Å². The number of aliphatic hydroxyl groups excluding tert-OH is 1. The molecule has 0 radical (unpaired) electrons. The second-order valence-corrected chi connectivity index (χ2v) is 13.4. The van der Waals surface area contributed by atoms with Crippen LogP contribution >= 0.6 is 21.6 Å². The average molecular weight is 687 g/mol. The fourth-order valence-electron chi connectivity index (χ4n) is 4.77. The predicted molar refractivity (Wildman–Crippen MR) is 207 cm³/mol. The van der Waals surface area contributed by atoms with Crippen LogP contribution in [0.1, 0.15) is 30.5 Å². The largest absolute Gasteiger partial charge is 0.390 e. The minimum absolute atomic E-state index is 0.141. The van der Waals surface area contributed by atoms with Gasteiger partial charge in [0.1, 0.15) is 12.9 Å². The number of hydrogen-bond acceptors (Lipinski definition) is 9. The average Bonchev–Trinajstić information content (AvgIpc) is 3.12. The van der Waals surface area contributed by atoms with Crippen molar-refractivity contribution in [3.63, 3.8) is 0 Å². The van der Waals surface area contributed by atoms with E-state index in [0.717, 1.165) is 60.7 Å². The van der Waals surface area contributed by atoms with Crippen LogP contribution in [0.25, 0.3) is 18.2 Å². The van der Waals surface area contributed by atoms with Crippen LogP contribution in [0, 0.1) is 4.91 Å². The molecule has 48 heavy (non-hydrogen) atoms. The van der Waals surface area contributed by atoms with Crippen molar-refractivity contribution in [2.75, 3.05) is 67.2 Å². The zero-order valence-corrected chi connectivity index (χ0v) is 29.6. The first-order chi connectivity index (χ1) is 23.6. The molecule has 0 aliphatic heterocycles. The Bertz CT molecular complexity index is 1470. The quantitative estimate of drug-likeness (QED) is 0.0212. The summed E-state index contributed by atoms with van der Waals surface area (Å²) in [5, 5.41) is 14.9. The summed E-state index contributed by atoms with van der Waals surface area (Å²) in [6.07, 6.45) is 17.8. The van der Waals surface area contributed by atoms with Crippen molar-refractivity contribution < 1.29 is 14.5 Å². The van der Waals surface area contributed by atoms with Crippen molar-refractivity contribution in [3.8, 4) is 0 Å². The number of nitroso groups, excluding NO2 is 1. The molecular weight excluding hydrogens is 639 g/mol. The van der Waals surface area contributed by atoms with Gasteiger partial charge in [0, 0.05) is 67.7 Å². The molecule has 0 unspecified atom stereocenters. The predicted octanol–water partition coefficient (Wildman–Crippen LogP) is 6.88. The van der Waals surface area contributed by atoms with Gasteiger partial charge in [0.2, 0.25) is 0 Å². The second kappa shape index (κ2) is 23.2. The van der Waals surface area contributed by atoms with Gasteiger partial charge in [0.05, 0.1) is 6.54 Å². The van der Waals surface area contributed by atoms with Crippen LogP contribution in [0.2, 0.25) is 0 Å². The number of aldehydes is 1. The molecule has 0 amide bonds. The van der Waals surface area contributed by atoms with Crippen LogP contribution in [-0.2, 0) is 11.3 Å². The van der Waals surface area contributed by atoms with Gasteiger partial charge in [0.25, 0.3) is 0 Å². The van der Waals surface area contributed by atoms with Crippen LogP contribution in [0.5, 0.6) is 0 Å². The lowest BCUT2D eigenvalue weighted by Gasteiger charge is -2.24. The third kappa shape index (κ3) is 14.3. The van der Waals surface area contributed by atoms with Crippen molar-refractivity contribution in [2.24, 2.45) is 5.18 Å². The lowest BCUT2D eigenvalue weighted by Crippen LogP contribution is -2.34. The van der Waals surface area contributed by atoms with Crippen LogP contribution in [0.15, 0.2) is 108 Å². The zero-order valence-electron chi connectivity index (χ0n) is 28.0. The van der Waals surface area contributed by atoms with E-state index >= 15 is 0 Å². The lowest BCUT2D eigenvalue weighted by atomic mass is 10.1. The number of carbonyl (C=O) groups is 1. The second-order valence-electron chi connectivity index (χ2n) is 10.7. The van der Waals surface area contributed by atoms with E-state index < -0.39 is 0 Å². The van der Waals surface area contributed by atoms with E-state index in [1.165, 1.54) is 23.0 Å².